The second-order valence-corrected chi connectivity index (χ2v) is 3.85. The van der Waals surface area contributed by atoms with Gasteiger partial charge in [0.1, 0.15) is 12.0 Å². The van der Waals surface area contributed by atoms with E-state index in [0.717, 1.165) is 16.5 Å². The van der Waals surface area contributed by atoms with E-state index in [2.05, 4.69) is 10.4 Å². The van der Waals surface area contributed by atoms with E-state index in [4.69, 9.17) is 5.84 Å². The van der Waals surface area contributed by atoms with E-state index in [9.17, 15) is 4.79 Å². The van der Waals surface area contributed by atoms with E-state index >= 15 is 0 Å². The lowest BCUT2D eigenvalue weighted by Crippen LogP contribution is -2.24. The molecule has 1 amide bonds. The highest BCUT2D eigenvalue weighted by atomic mass is 16.1. The Morgan fingerprint density at radius 2 is 2.29 bits per heavy atom. The molecule has 5 heteroatoms. The van der Waals surface area contributed by atoms with Gasteiger partial charge in [0.25, 0.3) is 5.91 Å². The molecule has 0 spiro atoms. The van der Waals surface area contributed by atoms with Crippen molar-refractivity contribution in [3.8, 4) is 0 Å². The number of hydrogen-bond donors (Lipinski definition) is 2. The smallest absolute Gasteiger partial charge is 0.273 e. The van der Waals surface area contributed by atoms with Gasteiger partial charge in [-0.1, -0.05) is 12.1 Å². The third-order valence-corrected chi connectivity index (χ3v) is 2.81. The number of nitrogens with zero attached hydrogens (tertiary/aromatic N) is 2. The highest BCUT2D eigenvalue weighted by Crippen LogP contribution is 2.21. The number of aryl methyl sites for hydroxylation is 2. The van der Waals surface area contributed by atoms with Gasteiger partial charge in [0.2, 0.25) is 0 Å². The van der Waals surface area contributed by atoms with Gasteiger partial charge < -0.3 is 15.7 Å². The molecular weight excluding hydrogens is 216 g/mol. The first-order valence-electron chi connectivity index (χ1n) is 5.22. The van der Waals surface area contributed by atoms with Crippen LogP contribution in [0.15, 0.2) is 29.4 Å². The number of benzene rings is 1. The first kappa shape index (κ1) is 11.2. The Morgan fingerprint density at radius 3 is 2.94 bits per heavy atom. The zero-order chi connectivity index (χ0) is 12.4. The summed E-state index contributed by atoms with van der Waals surface area (Å²) in [5.41, 5.74) is 2.75. The molecule has 3 N–H and O–H groups in total. The van der Waals surface area contributed by atoms with Gasteiger partial charge in [0.15, 0.2) is 0 Å². The van der Waals surface area contributed by atoms with E-state index in [1.165, 1.54) is 6.34 Å². The highest BCUT2D eigenvalue weighted by Gasteiger charge is 2.12. The van der Waals surface area contributed by atoms with Crippen LogP contribution in [0, 0.1) is 6.92 Å². The lowest BCUT2D eigenvalue weighted by molar-refractivity contribution is 0.0971. The maximum absolute atomic E-state index is 11.8. The van der Waals surface area contributed by atoms with Crippen LogP contribution in [0.1, 0.15) is 16.1 Å². The standard InChI is InChI=1S/C12H14N4O/c1-8-4-3-5-10-9(8)6-11(16(10)2)12(17)14-7-15-13/h3-7H,13H2,1-2H3,(H,14,15,17). The van der Waals surface area contributed by atoms with Crippen molar-refractivity contribution in [3.05, 3.63) is 35.5 Å². The monoisotopic (exact) mass is 230 g/mol. The van der Waals surface area contributed by atoms with Crippen molar-refractivity contribution in [2.24, 2.45) is 18.0 Å². The second kappa shape index (κ2) is 4.29. The van der Waals surface area contributed by atoms with Crippen LogP contribution in [-0.2, 0) is 7.05 Å². The topological polar surface area (TPSA) is 72.4 Å². The molecule has 0 saturated carbocycles. The fourth-order valence-electron chi connectivity index (χ4n) is 1.90. The number of carbonyl (C=O) groups excluding carboxylic acids is 1. The molecule has 0 aliphatic rings. The highest BCUT2D eigenvalue weighted by molar-refractivity contribution is 6.03. The maximum Gasteiger partial charge on any atom is 0.273 e. The van der Waals surface area contributed by atoms with Gasteiger partial charge >= 0.3 is 0 Å². The lowest BCUT2D eigenvalue weighted by atomic mass is 10.1. The van der Waals surface area contributed by atoms with Crippen molar-refractivity contribution in [2.75, 3.05) is 0 Å². The molecule has 17 heavy (non-hydrogen) atoms. The molecule has 0 fully saturated rings. The Bertz CT molecular complexity index is 598. The van der Waals surface area contributed by atoms with Crippen LogP contribution in [0.25, 0.3) is 10.9 Å². The van der Waals surface area contributed by atoms with Gasteiger partial charge in [-0.05, 0) is 24.6 Å². The summed E-state index contributed by atoms with van der Waals surface area (Å²) in [4.78, 5) is 11.8. The average Bonchev–Trinajstić information content (AvgIpc) is 2.66. The minimum atomic E-state index is -0.225. The van der Waals surface area contributed by atoms with Gasteiger partial charge in [-0.15, -0.1) is 0 Å². The normalized spacial score (nSPS) is 11.2. The summed E-state index contributed by atoms with van der Waals surface area (Å²) in [6, 6.07) is 7.84. The van der Waals surface area contributed by atoms with E-state index in [1.54, 1.807) is 0 Å². The van der Waals surface area contributed by atoms with Gasteiger partial charge in [0, 0.05) is 18.0 Å². The van der Waals surface area contributed by atoms with E-state index in [0.29, 0.717) is 5.69 Å². The van der Waals surface area contributed by atoms with Crippen LogP contribution < -0.4 is 11.2 Å². The first-order valence-corrected chi connectivity index (χ1v) is 5.22. The third-order valence-electron chi connectivity index (χ3n) is 2.81. The Labute approximate surface area is 98.9 Å². The Hall–Kier alpha value is -2.30. The maximum atomic E-state index is 11.8. The predicted molar refractivity (Wildman–Crippen MR) is 67.8 cm³/mol. The molecular formula is C12H14N4O. The molecule has 0 aliphatic heterocycles. The minimum absolute atomic E-state index is 0.225. The number of aromatic nitrogens is 1. The van der Waals surface area contributed by atoms with Crippen LogP contribution in [0.2, 0.25) is 0 Å². The molecule has 88 valence electrons. The first-order chi connectivity index (χ1) is 8.15. The Balaban J connectivity index is 2.52. The number of nitrogens with one attached hydrogen (secondary N) is 1. The molecule has 0 unspecified atom stereocenters. The molecule has 0 bridgehead atoms. The Morgan fingerprint density at radius 1 is 1.53 bits per heavy atom. The van der Waals surface area contributed by atoms with E-state index in [1.807, 2.05) is 42.8 Å². The summed E-state index contributed by atoms with van der Waals surface area (Å²) in [5, 5.41) is 6.80. The summed E-state index contributed by atoms with van der Waals surface area (Å²) in [7, 11) is 1.86. The predicted octanol–water partition coefficient (Wildman–Crippen LogP) is 1.12. The molecule has 0 radical (unpaired) electrons. The summed E-state index contributed by atoms with van der Waals surface area (Å²) in [6.45, 7) is 2.02. The largest absolute Gasteiger partial charge is 0.340 e. The van der Waals surface area contributed by atoms with Gasteiger partial charge in [-0.2, -0.15) is 5.10 Å². The SMILES string of the molecule is Cc1cccc2c1cc(C(=O)NC=NN)n2C. The molecule has 0 atom stereocenters. The number of amides is 1. The number of nitrogens with two attached hydrogens (primary N) is 1. The summed E-state index contributed by atoms with van der Waals surface area (Å²) >= 11 is 0. The molecule has 0 aliphatic carbocycles. The molecule has 2 aromatic rings. The number of rotatable bonds is 2. The van der Waals surface area contributed by atoms with Crippen molar-refractivity contribution < 1.29 is 4.79 Å². The molecule has 1 heterocycles. The Kier molecular flexibility index (Phi) is 2.82. The van der Waals surface area contributed by atoms with E-state index < -0.39 is 0 Å². The molecule has 2 rings (SSSR count). The van der Waals surface area contributed by atoms with Gasteiger partial charge in [-0.25, -0.2) is 0 Å². The molecule has 0 saturated heterocycles. The zero-order valence-corrected chi connectivity index (χ0v) is 9.77. The molecule has 1 aromatic carbocycles. The van der Waals surface area contributed by atoms with Gasteiger partial charge in [0.05, 0.1) is 0 Å². The van der Waals surface area contributed by atoms with Crippen LogP contribution in [-0.4, -0.2) is 16.8 Å². The fourth-order valence-corrected chi connectivity index (χ4v) is 1.90. The van der Waals surface area contributed by atoms with Crippen molar-refractivity contribution in [2.45, 2.75) is 6.92 Å². The summed E-state index contributed by atoms with van der Waals surface area (Å²) < 4.78 is 1.85. The summed E-state index contributed by atoms with van der Waals surface area (Å²) in [6.07, 6.45) is 1.17. The number of carbonyl (C=O) groups is 1. The fraction of sp³-hybridized carbons (Fsp3) is 0.167. The number of fused-ring (bicyclic) bond motifs is 1. The number of hydrogen-bond acceptors (Lipinski definition) is 3. The average molecular weight is 230 g/mol. The molecule has 1 aromatic heterocycles. The quantitative estimate of drug-likeness (QED) is 0.351. The van der Waals surface area contributed by atoms with Crippen LogP contribution >= 0.6 is 0 Å². The summed E-state index contributed by atoms with van der Waals surface area (Å²) in [5.74, 6) is 4.72. The van der Waals surface area contributed by atoms with Crippen molar-refractivity contribution >= 4 is 23.1 Å². The second-order valence-electron chi connectivity index (χ2n) is 3.85. The third kappa shape index (κ3) is 1.87. The van der Waals surface area contributed by atoms with E-state index in [-0.39, 0.29) is 5.91 Å². The van der Waals surface area contributed by atoms with Crippen LogP contribution in [0.5, 0.6) is 0 Å². The van der Waals surface area contributed by atoms with Crippen molar-refractivity contribution in [1.29, 1.82) is 0 Å². The van der Waals surface area contributed by atoms with Crippen molar-refractivity contribution in [1.82, 2.24) is 9.88 Å². The minimum Gasteiger partial charge on any atom is -0.340 e. The van der Waals surface area contributed by atoms with Crippen LogP contribution in [0.3, 0.4) is 0 Å². The molecule has 5 nitrogen and oxygen atoms in total. The lowest BCUT2D eigenvalue weighted by Gasteiger charge is -2.02. The zero-order valence-electron chi connectivity index (χ0n) is 9.77. The van der Waals surface area contributed by atoms with Crippen molar-refractivity contribution in [3.63, 3.8) is 0 Å². The van der Waals surface area contributed by atoms with Crippen LogP contribution in [0.4, 0.5) is 0 Å². The van der Waals surface area contributed by atoms with Gasteiger partial charge in [-0.3, -0.25) is 4.79 Å². The number of hydrazone groups is 1.